The first-order chi connectivity index (χ1) is 18.4. The van der Waals surface area contributed by atoms with Crippen LogP contribution in [0.5, 0.6) is 5.75 Å². The fourth-order valence-electron chi connectivity index (χ4n) is 4.39. The zero-order chi connectivity index (χ0) is 26.5. The molecule has 3 heterocycles. The maximum absolute atomic E-state index is 13.1. The number of aryl methyl sites for hydroxylation is 2. The highest BCUT2D eigenvalue weighted by atomic mass is 35.5. The first kappa shape index (κ1) is 26.1. The molecule has 0 bridgehead atoms. The second kappa shape index (κ2) is 11.9. The van der Waals surface area contributed by atoms with Crippen LogP contribution in [0.4, 0.5) is 16.2 Å². The van der Waals surface area contributed by atoms with Crippen molar-refractivity contribution < 1.29 is 13.9 Å². The number of nitrogen functional groups attached to an aromatic ring is 1. The summed E-state index contributed by atoms with van der Waals surface area (Å²) in [6.45, 7) is 2.30. The van der Waals surface area contributed by atoms with Crippen LogP contribution in [0.25, 0.3) is 10.3 Å². The summed E-state index contributed by atoms with van der Waals surface area (Å²) in [7, 11) is 0. The predicted molar refractivity (Wildman–Crippen MR) is 148 cm³/mol. The standard InChI is InChI=1S/C27H28ClFN6O2S/c28-19-7-11-21(12-8-19)37-17-23(36)34-13-15-35(16-14-34)25-24-26(33-27(30)32-25)38-22(31-24)4-2-1-3-18-5-9-20(29)10-6-18/h5-12H,1-4,13-17H2,(H2,30,32,33). The van der Waals surface area contributed by atoms with Crippen molar-refractivity contribution in [2.24, 2.45) is 0 Å². The summed E-state index contributed by atoms with van der Waals surface area (Å²) in [5, 5.41) is 1.61. The number of amides is 1. The molecule has 1 fully saturated rings. The van der Waals surface area contributed by atoms with Gasteiger partial charge >= 0.3 is 0 Å². The Hall–Kier alpha value is -3.50. The first-order valence-corrected chi connectivity index (χ1v) is 13.7. The molecule has 0 atom stereocenters. The number of aromatic nitrogens is 3. The third-order valence-corrected chi connectivity index (χ3v) is 7.69. The van der Waals surface area contributed by atoms with Gasteiger partial charge in [0.25, 0.3) is 5.91 Å². The minimum atomic E-state index is -0.212. The van der Waals surface area contributed by atoms with Crippen molar-refractivity contribution in [2.75, 3.05) is 43.4 Å². The highest BCUT2D eigenvalue weighted by Crippen LogP contribution is 2.30. The van der Waals surface area contributed by atoms with E-state index in [1.807, 2.05) is 12.1 Å². The van der Waals surface area contributed by atoms with Gasteiger partial charge in [0, 0.05) is 31.2 Å². The van der Waals surface area contributed by atoms with E-state index in [0.717, 1.165) is 46.6 Å². The molecular formula is C27H28ClFN6O2S. The number of halogens is 2. The van der Waals surface area contributed by atoms with Crippen molar-refractivity contribution in [1.29, 1.82) is 0 Å². The Kier molecular flexibility index (Phi) is 8.19. The number of hydrogen-bond acceptors (Lipinski definition) is 8. The van der Waals surface area contributed by atoms with Crippen molar-refractivity contribution in [1.82, 2.24) is 19.9 Å². The highest BCUT2D eigenvalue weighted by molar-refractivity contribution is 7.18. The highest BCUT2D eigenvalue weighted by Gasteiger charge is 2.25. The Labute approximate surface area is 229 Å². The van der Waals surface area contributed by atoms with Crippen LogP contribution in [-0.4, -0.2) is 58.5 Å². The molecule has 1 aliphatic rings. The second-order valence-electron chi connectivity index (χ2n) is 9.11. The molecule has 1 saturated heterocycles. The lowest BCUT2D eigenvalue weighted by Crippen LogP contribution is -2.50. The number of nitrogens with two attached hydrogens (primary N) is 1. The number of carbonyl (C=O) groups excluding carboxylic acids is 1. The zero-order valence-electron chi connectivity index (χ0n) is 20.8. The fraction of sp³-hybridized carbons (Fsp3) is 0.333. The van der Waals surface area contributed by atoms with Crippen molar-refractivity contribution in [3.05, 3.63) is 69.9 Å². The van der Waals surface area contributed by atoms with Crippen molar-refractivity contribution >= 4 is 51.0 Å². The van der Waals surface area contributed by atoms with Crippen LogP contribution in [0, 0.1) is 5.82 Å². The van der Waals surface area contributed by atoms with E-state index >= 15 is 0 Å². The van der Waals surface area contributed by atoms with E-state index in [2.05, 4.69) is 14.9 Å². The van der Waals surface area contributed by atoms with Crippen molar-refractivity contribution in [3.63, 3.8) is 0 Å². The maximum atomic E-state index is 13.1. The number of anilines is 2. The molecule has 38 heavy (non-hydrogen) atoms. The van der Waals surface area contributed by atoms with E-state index in [4.69, 9.17) is 27.1 Å². The molecule has 4 aromatic rings. The van der Waals surface area contributed by atoms with Crippen molar-refractivity contribution in [3.8, 4) is 5.75 Å². The van der Waals surface area contributed by atoms with Crippen LogP contribution >= 0.6 is 22.9 Å². The van der Waals surface area contributed by atoms with E-state index in [1.54, 1.807) is 40.5 Å². The van der Waals surface area contributed by atoms with Gasteiger partial charge in [-0.15, -0.1) is 0 Å². The number of benzene rings is 2. The van der Waals surface area contributed by atoms with Gasteiger partial charge in [-0.25, -0.2) is 14.4 Å². The number of carbonyl (C=O) groups is 1. The van der Waals surface area contributed by atoms with Gasteiger partial charge in [-0.3, -0.25) is 4.79 Å². The first-order valence-electron chi connectivity index (χ1n) is 12.5. The van der Waals surface area contributed by atoms with Crippen LogP contribution in [0.3, 0.4) is 0 Å². The summed E-state index contributed by atoms with van der Waals surface area (Å²) in [6.07, 6.45) is 3.68. The lowest BCUT2D eigenvalue weighted by Gasteiger charge is -2.35. The lowest BCUT2D eigenvalue weighted by atomic mass is 10.1. The molecule has 2 aromatic carbocycles. The summed E-state index contributed by atoms with van der Waals surface area (Å²) < 4.78 is 18.7. The number of thiazole rings is 1. The number of unbranched alkanes of at least 4 members (excludes halogenated alkanes) is 1. The van der Waals surface area contributed by atoms with E-state index < -0.39 is 0 Å². The SMILES string of the molecule is Nc1nc(N2CCN(C(=O)COc3ccc(Cl)cc3)CC2)c2nc(CCCCc3ccc(F)cc3)sc2n1. The summed E-state index contributed by atoms with van der Waals surface area (Å²) in [5.74, 6) is 1.26. The number of ether oxygens (including phenoxy) is 1. The molecule has 0 spiro atoms. The zero-order valence-corrected chi connectivity index (χ0v) is 22.3. The topological polar surface area (TPSA) is 97.5 Å². The normalized spacial score (nSPS) is 13.7. The van der Waals surface area contributed by atoms with Crippen LogP contribution in [0.15, 0.2) is 48.5 Å². The van der Waals surface area contributed by atoms with Gasteiger partial charge in [-0.05, 0) is 67.6 Å². The molecule has 0 radical (unpaired) electrons. The van der Waals surface area contributed by atoms with E-state index in [1.165, 1.54) is 12.1 Å². The van der Waals surface area contributed by atoms with Gasteiger partial charge in [0.15, 0.2) is 17.3 Å². The van der Waals surface area contributed by atoms with Gasteiger partial charge in [0.2, 0.25) is 5.95 Å². The third kappa shape index (κ3) is 6.49. The van der Waals surface area contributed by atoms with Gasteiger partial charge in [-0.2, -0.15) is 4.98 Å². The molecule has 11 heteroatoms. The van der Waals surface area contributed by atoms with Gasteiger partial charge in [0.1, 0.15) is 17.1 Å². The predicted octanol–water partition coefficient (Wildman–Crippen LogP) is 4.75. The molecular weight excluding hydrogens is 527 g/mol. The van der Waals surface area contributed by atoms with Gasteiger partial charge < -0.3 is 20.3 Å². The Bertz CT molecular complexity index is 1390. The van der Waals surface area contributed by atoms with Gasteiger partial charge in [0.05, 0.1) is 5.01 Å². The largest absolute Gasteiger partial charge is 0.484 e. The maximum Gasteiger partial charge on any atom is 0.260 e. The lowest BCUT2D eigenvalue weighted by molar-refractivity contribution is -0.133. The Morgan fingerprint density at radius 1 is 0.974 bits per heavy atom. The number of rotatable bonds is 9. The molecule has 0 saturated carbocycles. The van der Waals surface area contributed by atoms with Crippen LogP contribution in [-0.2, 0) is 17.6 Å². The van der Waals surface area contributed by atoms with Crippen LogP contribution in [0.2, 0.25) is 5.02 Å². The monoisotopic (exact) mass is 554 g/mol. The van der Waals surface area contributed by atoms with E-state index in [9.17, 15) is 9.18 Å². The average molecular weight is 555 g/mol. The van der Waals surface area contributed by atoms with E-state index in [-0.39, 0.29) is 24.3 Å². The fourth-order valence-corrected chi connectivity index (χ4v) is 5.49. The minimum absolute atomic E-state index is 0.0249. The third-order valence-electron chi connectivity index (χ3n) is 6.43. The molecule has 0 aliphatic carbocycles. The van der Waals surface area contributed by atoms with Gasteiger partial charge in [-0.1, -0.05) is 35.1 Å². The molecule has 0 unspecified atom stereocenters. The summed E-state index contributed by atoms with van der Waals surface area (Å²) >= 11 is 7.44. The second-order valence-corrected chi connectivity index (χ2v) is 10.6. The quantitative estimate of drug-likeness (QED) is 0.298. The van der Waals surface area contributed by atoms with Crippen LogP contribution < -0.4 is 15.4 Å². The molecule has 1 aliphatic heterocycles. The van der Waals surface area contributed by atoms with E-state index in [0.29, 0.717) is 42.8 Å². The molecule has 2 N–H and O–H groups in total. The summed E-state index contributed by atoms with van der Waals surface area (Å²) in [6, 6.07) is 13.6. The Morgan fingerprint density at radius 3 is 2.42 bits per heavy atom. The Morgan fingerprint density at radius 2 is 1.68 bits per heavy atom. The summed E-state index contributed by atoms with van der Waals surface area (Å²) in [5.41, 5.74) is 7.91. The molecule has 1 amide bonds. The number of hydrogen-bond donors (Lipinski definition) is 1. The summed E-state index contributed by atoms with van der Waals surface area (Å²) in [4.78, 5) is 31.1. The smallest absolute Gasteiger partial charge is 0.260 e. The molecule has 5 rings (SSSR count). The molecule has 2 aromatic heterocycles. The molecule has 8 nitrogen and oxygen atoms in total. The average Bonchev–Trinajstić information content (AvgIpc) is 3.34. The Balaban J connectivity index is 1.16. The number of fused-ring (bicyclic) bond motifs is 1. The minimum Gasteiger partial charge on any atom is -0.484 e. The van der Waals surface area contributed by atoms with Crippen LogP contribution in [0.1, 0.15) is 23.4 Å². The molecule has 198 valence electrons. The van der Waals surface area contributed by atoms with Crippen molar-refractivity contribution in [2.45, 2.75) is 25.7 Å². The number of nitrogens with zero attached hydrogens (tertiary/aromatic N) is 5. The number of piperazine rings is 1.